The van der Waals surface area contributed by atoms with Crippen LogP contribution in [0.1, 0.15) is 24.5 Å². The first-order valence-electron chi connectivity index (χ1n) is 6.66. The van der Waals surface area contributed by atoms with Gasteiger partial charge in [0.2, 0.25) is 5.91 Å². The van der Waals surface area contributed by atoms with Crippen molar-refractivity contribution in [3.8, 4) is 0 Å². The predicted molar refractivity (Wildman–Crippen MR) is 75.0 cm³/mol. The van der Waals surface area contributed by atoms with Gasteiger partial charge in [-0.3, -0.25) is 4.79 Å². The van der Waals surface area contributed by atoms with Gasteiger partial charge in [0.05, 0.1) is 19.3 Å². The number of ether oxygens (including phenoxy) is 1. The number of methoxy groups -OCH3 is 1. The Labute approximate surface area is 114 Å². The molecule has 1 atom stereocenters. The minimum absolute atomic E-state index is 0.0596. The molecule has 1 unspecified atom stereocenters. The van der Waals surface area contributed by atoms with Gasteiger partial charge in [0.1, 0.15) is 0 Å². The maximum absolute atomic E-state index is 11.7. The van der Waals surface area contributed by atoms with Crippen molar-refractivity contribution in [1.82, 2.24) is 5.32 Å². The van der Waals surface area contributed by atoms with Crippen LogP contribution >= 0.6 is 0 Å². The molecule has 0 aromatic heterocycles. The van der Waals surface area contributed by atoms with E-state index >= 15 is 0 Å². The zero-order chi connectivity index (χ0) is 14.1. The summed E-state index contributed by atoms with van der Waals surface area (Å²) in [5, 5.41) is 11.8. The van der Waals surface area contributed by atoms with Gasteiger partial charge in [-0.2, -0.15) is 0 Å². The number of carbonyl (C=O) groups is 1. The number of aliphatic hydroxyl groups excluding tert-OH is 1. The van der Waals surface area contributed by atoms with Crippen LogP contribution in [0.25, 0.3) is 0 Å². The first-order chi connectivity index (χ1) is 9.19. The number of nitrogens with one attached hydrogen (secondary N) is 1. The molecule has 2 N–H and O–H groups in total. The fourth-order valence-corrected chi connectivity index (χ4v) is 1.84. The number of amides is 1. The van der Waals surface area contributed by atoms with E-state index < -0.39 is 0 Å². The fraction of sp³-hybridized carbons (Fsp3) is 0.533. The average molecular weight is 265 g/mol. The summed E-state index contributed by atoms with van der Waals surface area (Å²) in [5.41, 5.74) is 2.45. The predicted octanol–water partition coefficient (Wildman–Crippen LogP) is 1.31. The first-order valence-corrected chi connectivity index (χ1v) is 6.66. The summed E-state index contributed by atoms with van der Waals surface area (Å²) in [6.07, 6.45) is 2.16. The summed E-state index contributed by atoms with van der Waals surface area (Å²) >= 11 is 0. The van der Waals surface area contributed by atoms with Crippen LogP contribution in [0.4, 0.5) is 0 Å². The van der Waals surface area contributed by atoms with Crippen molar-refractivity contribution >= 4 is 5.91 Å². The Bertz CT molecular complexity index is 375. The molecule has 1 aromatic carbocycles. The molecule has 1 aromatic rings. The zero-order valence-electron chi connectivity index (χ0n) is 11.7. The van der Waals surface area contributed by atoms with E-state index in [-0.39, 0.29) is 18.6 Å². The molecule has 106 valence electrons. The number of hydrogen-bond acceptors (Lipinski definition) is 3. The molecular weight excluding hydrogens is 242 g/mol. The summed E-state index contributed by atoms with van der Waals surface area (Å²) in [6, 6.07) is 7.99. The summed E-state index contributed by atoms with van der Waals surface area (Å²) < 4.78 is 4.91. The number of rotatable bonds is 8. The molecule has 0 saturated carbocycles. The second kappa shape index (κ2) is 8.67. The molecule has 0 spiro atoms. The third-order valence-corrected chi connectivity index (χ3v) is 3.03. The first kappa shape index (κ1) is 15.7. The van der Waals surface area contributed by atoms with Crippen LogP contribution in [-0.2, 0) is 22.4 Å². The highest BCUT2D eigenvalue weighted by Crippen LogP contribution is 2.07. The SMILES string of the molecule is CCc1ccc(CCC(=O)NC(CO)COC)cc1. The van der Waals surface area contributed by atoms with E-state index in [2.05, 4.69) is 36.5 Å². The number of benzene rings is 1. The van der Waals surface area contributed by atoms with E-state index in [1.807, 2.05) is 0 Å². The summed E-state index contributed by atoms with van der Waals surface area (Å²) in [6.45, 7) is 2.34. The monoisotopic (exact) mass is 265 g/mol. The molecule has 19 heavy (non-hydrogen) atoms. The van der Waals surface area contributed by atoms with Crippen LogP contribution < -0.4 is 5.32 Å². The highest BCUT2D eigenvalue weighted by Gasteiger charge is 2.10. The lowest BCUT2D eigenvalue weighted by molar-refractivity contribution is -0.122. The van der Waals surface area contributed by atoms with Crippen LogP contribution in [0.5, 0.6) is 0 Å². The van der Waals surface area contributed by atoms with Gasteiger partial charge in [-0.25, -0.2) is 0 Å². The molecule has 1 rings (SSSR count). The van der Waals surface area contributed by atoms with Gasteiger partial charge in [-0.1, -0.05) is 31.2 Å². The molecule has 0 aliphatic rings. The minimum atomic E-state index is -0.319. The third kappa shape index (κ3) is 5.85. The molecule has 0 aliphatic heterocycles. The van der Waals surface area contributed by atoms with Crippen molar-refractivity contribution in [2.45, 2.75) is 32.2 Å². The van der Waals surface area contributed by atoms with Crippen LogP contribution in [0.3, 0.4) is 0 Å². The Morgan fingerprint density at radius 3 is 2.47 bits per heavy atom. The van der Waals surface area contributed by atoms with Crippen LogP contribution in [0, 0.1) is 0 Å². The standard InChI is InChI=1S/C15H23NO3/c1-3-12-4-6-13(7-5-12)8-9-15(18)16-14(10-17)11-19-2/h4-7,14,17H,3,8-11H2,1-2H3,(H,16,18). The molecule has 0 fully saturated rings. The van der Waals surface area contributed by atoms with Gasteiger partial charge in [0.15, 0.2) is 0 Å². The van der Waals surface area contributed by atoms with E-state index in [1.54, 1.807) is 7.11 Å². The Morgan fingerprint density at radius 1 is 1.32 bits per heavy atom. The highest BCUT2D eigenvalue weighted by atomic mass is 16.5. The van der Waals surface area contributed by atoms with Crippen molar-refractivity contribution in [3.05, 3.63) is 35.4 Å². The largest absolute Gasteiger partial charge is 0.394 e. The third-order valence-electron chi connectivity index (χ3n) is 3.03. The van der Waals surface area contributed by atoms with Crippen molar-refractivity contribution in [2.24, 2.45) is 0 Å². The normalized spacial score (nSPS) is 12.2. The second-order valence-electron chi connectivity index (χ2n) is 4.57. The lowest BCUT2D eigenvalue weighted by atomic mass is 10.1. The van der Waals surface area contributed by atoms with Crippen LogP contribution in [0.2, 0.25) is 0 Å². The summed E-state index contributed by atoms with van der Waals surface area (Å²) in [4.78, 5) is 11.7. The van der Waals surface area contributed by atoms with Gasteiger partial charge >= 0.3 is 0 Å². The molecule has 4 heteroatoms. The van der Waals surface area contributed by atoms with Gasteiger partial charge < -0.3 is 15.2 Å². The van der Waals surface area contributed by atoms with Crippen molar-refractivity contribution in [1.29, 1.82) is 0 Å². The van der Waals surface area contributed by atoms with E-state index in [0.717, 1.165) is 12.0 Å². The maximum Gasteiger partial charge on any atom is 0.220 e. The molecule has 0 heterocycles. The molecule has 0 bridgehead atoms. The topological polar surface area (TPSA) is 58.6 Å². The molecular formula is C15H23NO3. The Hall–Kier alpha value is -1.39. The number of carbonyl (C=O) groups excluding carboxylic acids is 1. The number of aliphatic hydroxyl groups is 1. The molecule has 0 saturated heterocycles. The van der Waals surface area contributed by atoms with E-state index in [0.29, 0.717) is 19.4 Å². The second-order valence-corrected chi connectivity index (χ2v) is 4.57. The van der Waals surface area contributed by atoms with Gasteiger partial charge in [0, 0.05) is 13.5 Å². The number of aryl methyl sites for hydroxylation is 2. The van der Waals surface area contributed by atoms with Gasteiger partial charge in [-0.15, -0.1) is 0 Å². The Morgan fingerprint density at radius 2 is 1.95 bits per heavy atom. The van der Waals surface area contributed by atoms with Crippen molar-refractivity contribution in [2.75, 3.05) is 20.3 Å². The van der Waals surface area contributed by atoms with E-state index in [4.69, 9.17) is 9.84 Å². The van der Waals surface area contributed by atoms with Crippen LogP contribution in [0.15, 0.2) is 24.3 Å². The minimum Gasteiger partial charge on any atom is -0.394 e. The lowest BCUT2D eigenvalue weighted by Crippen LogP contribution is -2.40. The molecule has 0 aliphatic carbocycles. The quantitative estimate of drug-likeness (QED) is 0.745. The van der Waals surface area contributed by atoms with E-state index in [9.17, 15) is 4.79 Å². The smallest absolute Gasteiger partial charge is 0.220 e. The fourth-order valence-electron chi connectivity index (χ4n) is 1.84. The molecule has 4 nitrogen and oxygen atoms in total. The molecule has 0 radical (unpaired) electrons. The summed E-state index contributed by atoms with van der Waals surface area (Å²) in [5.74, 6) is -0.0596. The zero-order valence-corrected chi connectivity index (χ0v) is 11.7. The average Bonchev–Trinajstić information content (AvgIpc) is 2.45. The van der Waals surface area contributed by atoms with Crippen molar-refractivity contribution < 1.29 is 14.6 Å². The van der Waals surface area contributed by atoms with Crippen LogP contribution in [-0.4, -0.2) is 37.4 Å². The van der Waals surface area contributed by atoms with Gasteiger partial charge in [0.25, 0.3) is 0 Å². The Balaban J connectivity index is 2.36. The Kier molecular flexibility index (Phi) is 7.15. The van der Waals surface area contributed by atoms with Crippen molar-refractivity contribution in [3.63, 3.8) is 0 Å². The maximum atomic E-state index is 11.7. The summed E-state index contributed by atoms with van der Waals surface area (Å²) in [7, 11) is 1.55. The molecule has 1 amide bonds. The lowest BCUT2D eigenvalue weighted by Gasteiger charge is -2.15. The number of hydrogen-bond donors (Lipinski definition) is 2. The highest BCUT2D eigenvalue weighted by molar-refractivity contribution is 5.76. The van der Waals surface area contributed by atoms with E-state index in [1.165, 1.54) is 5.56 Å². The van der Waals surface area contributed by atoms with Gasteiger partial charge in [-0.05, 0) is 24.0 Å².